The van der Waals surface area contributed by atoms with E-state index in [1.54, 1.807) is 18.3 Å². The van der Waals surface area contributed by atoms with Crippen LogP contribution in [0.1, 0.15) is 6.92 Å². The highest BCUT2D eigenvalue weighted by Crippen LogP contribution is 2.36. The maximum atomic E-state index is 11.5. The van der Waals surface area contributed by atoms with Crippen molar-refractivity contribution in [1.29, 1.82) is 0 Å². The lowest BCUT2D eigenvalue weighted by Crippen LogP contribution is -1.84. The normalized spacial score (nSPS) is 10.4. The van der Waals surface area contributed by atoms with Gasteiger partial charge in [0.1, 0.15) is 0 Å². The van der Waals surface area contributed by atoms with Gasteiger partial charge in [0.05, 0.1) is 0 Å². The molecule has 22 heavy (non-hydrogen) atoms. The second-order valence-corrected chi connectivity index (χ2v) is 7.42. The topological polar surface area (TPSA) is 17.1 Å². The summed E-state index contributed by atoms with van der Waals surface area (Å²) in [6, 6.07) is 24.8. The van der Waals surface area contributed by atoms with Crippen LogP contribution in [0.3, 0.4) is 0 Å². The van der Waals surface area contributed by atoms with Crippen molar-refractivity contribution in [1.82, 2.24) is 0 Å². The van der Waals surface area contributed by atoms with Gasteiger partial charge in [0.2, 0.25) is 16.2 Å². The molecule has 0 saturated carbocycles. The highest BCUT2D eigenvalue weighted by Gasteiger charge is 2.19. The van der Waals surface area contributed by atoms with E-state index >= 15 is 0 Å². The van der Waals surface area contributed by atoms with Crippen molar-refractivity contribution in [3.63, 3.8) is 0 Å². The molecule has 0 fully saturated rings. The summed E-state index contributed by atoms with van der Waals surface area (Å²) in [5, 5.41) is 0.112. The molecule has 0 spiro atoms. The van der Waals surface area contributed by atoms with E-state index in [1.165, 1.54) is 22.2 Å². The first kappa shape index (κ1) is 14.9. The molecule has 3 rings (SSSR count). The van der Waals surface area contributed by atoms with Crippen molar-refractivity contribution in [3.8, 4) is 21.6 Å². The quantitative estimate of drug-likeness (QED) is 0.434. The number of benzene rings is 2. The number of rotatable bonds is 3. The Morgan fingerprint density at radius 3 is 2.00 bits per heavy atom. The summed E-state index contributed by atoms with van der Waals surface area (Å²) < 4.78 is 1.02. The van der Waals surface area contributed by atoms with Crippen LogP contribution in [0.2, 0.25) is 0 Å². The maximum Gasteiger partial charge on any atom is 0.273 e. The summed E-state index contributed by atoms with van der Waals surface area (Å²) in [7, 11) is 0. The second-order valence-electron chi connectivity index (χ2n) is 4.86. The number of hydrogen-bond acceptors (Lipinski definition) is 2. The third-order valence-corrected chi connectivity index (χ3v) is 5.18. The number of carbonyl (C=O) groups excluding carboxylic acids is 1. The number of thioether (sulfide) groups is 1. The fourth-order valence-corrected chi connectivity index (χ4v) is 4.31. The van der Waals surface area contributed by atoms with E-state index in [0.717, 1.165) is 15.3 Å². The fraction of sp³-hybridized carbons (Fsp3) is 0.0526. The highest BCUT2D eigenvalue weighted by molar-refractivity contribution is 8.15. The van der Waals surface area contributed by atoms with Gasteiger partial charge < -0.3 is 0 Å². The van der Waals surface area contributed by atoms with Gasteiger partial charge in [0, 0.05) is 36.4 Å². The van der Waals surface area contributed by atoms with Gasteiger partial charge in [-0.3, -0.25) is 4.79 Å². The van der Waals surface area contributed by atoms with E-state index in [2.05, 4.69) is 36.4 Å². The van der Waals surface area contributed by atoms with Gasteiger partial charge in [-0.15, -0.1) is 0 Å². The third-order valence-electron chi connectivity index (χ3n) is 3.18. The van der Waals surface area contributed by atoms with Crippen molar-refractivity contribution < 1.29 is 4.79 Å². The number of carbonyl (C=O) groups is 1. The van der Waals surface area contributed by atoms with Crippen LogP contribution in [0.15, 0.2) is 77.0 Å². The first-order chi connectivity index (χ1) is 10.7. The zero-order valence-corrected chi connectivity index (χ0v) is 13.8. The van der Waals surface area contributed by atoms with Crippen LogP contribution in [0.25, 0.3) is 21.6 Å². The molecule has 0 aliphatic rings. The van der Waals surface area contributed by atoms with Crippen LogP contribution in [-0.2, 0) is 4.79 Å². The highest BCUT2D eigenvalue weighted by atomic mass is 32.2. The van der Waals surface area contributed by atoms with E-state index in [1.807, 2.05) is 36.4 Å². The fourth-order valence-electron chi connectivity index (χ4n) is 2.21. The average Bonchev–Trinajstić information content (AvgIpc) is 2.55. The second kappa shape index (κ2) is 6.86. The first-order valence-corrected chi connectivity index (χ1v) is 8.63. The Labute approximate surface area is 138 Å². The molecule has 0 unspecified atom stereocenters. The van der Waals surface area contributed by atoms with Crippen molar-refractivity contribution in [2.24, 2.45) is 0 Å². The van der Waals surface area contributed by atoms with E-state index < -0.39 is 0 Å². The lowest BCUT2D eigenvalue weighted by Gasteiger charge is -2.01. The Bertz CT molecular complexity index is 725. The monoisotopic (exact) mass is 323 g/mol. The van der Waals surface area contributed by atoms with Gasteiger partial charge in [0.15, 0.2) is 5.12 Å². The van der Waals surface area contributed by atoms with Crippen LogP contribution < -0.4 is 0 Å². The van der Waals surface area contributed by atoms with Crippen LogP contribution in [0.4, 0.5) is 0 Å². The van der Waals surface area contributed by atoms with Gasteiger partial charge in [-0.1, -0.05) is 48.5 Å². The minimum Gasteiger partial charge on any atom is -0.287 e. The molecule has 1 nitrogen and oxygen atoms in total. The molecule has 0 radical (unpaired) electrons. The van der Waals surface area contributed by atoms with Crippen LogP contribution in [0.5, 0.6) is 0 Å². The van der Waals surface area contributed by atoms with Crippen molar-refractivity contribution in [2.45, 2.75) is 11.1 Å². The molecule has 0 amide bonds. The largest absolute Gasteiger partial charge is 0.287 e. The predicted octanol–water partition coefficient (Wildman–Crippen LogP) is 6.00. The molecule has 0 atom stereocenters. The smallest absolute Gasteiger partial charge is 0.273 e. The Morgan fingerprint density at radius 1 is 0.818 bits per heavy atom. The molecule has 108 valence electrons. The van der Waals surface area contributed by atoms with Gasteiger partial charge in [-0.2, -0.15) is 0 Å². The van der Waals surface area contributed by atoms with Crippen LogP contribution in [0, 0.1) is 0 Å². The van der Waals surface area contributed by atoms with Crippen LogP contribution >= 0.6 is 23.1 Å². The first-order valence-electron chi connectivity index (χ1n) is 7.00. The number of hydrogen-bond donors (Lipinski definition) is 0. The van der Waals surface area contributed by atoms with Crippen molar-refractivity contribution in [3.05, 3.63) is 72.8 Å². The Kier molecular flexibility index (Phi) is 4.66. The summed E-state index contributed by atoms with van der Waals surface area (Å²) in [6.45, 7) is 1.61. The molecule has 0 N–H and O–H groups in total. The molecule has 1 heterocycles. The molecule has 0 aliphatic carbocycles. The van der Waals surface area contributed by atoms with Crippen molar-refractivity contribution >= 4 is 28.2 Å². The maximum absolute atomic E-state index is 11.5. The van der Waals surface area contributed by atoms with Crippen molar-refractivity contribution in [2.75, 3.05) is 0 Å². The molecular formula is C19H15OS2+. The van der Waals surface area contributed by atoms with Gasteiger partial charge in [-0.05, 0) is 23.3 Å². The van der Waals surface area contributed by atoms with Crippen LogP contribution in [-0.4, -0.2) is 5.12 Å². The van der Waals surface area contributed by atoms with E-state index in [0.29, 0.717) is 0 Å². The predicted molar refractivity (Wildman–Crippen MR) is 96.1 cm³/mol. The minimum atomic E-state index is 0.112. The van der Waals surface area contributed by atoms with Gasteiger partial charge in [-0.25, -0.2) is 0 Å². The molecule has 0 bridgehead atoms. The lowest BCUT2D eigenvalue weighted by molar-refractivity contribution is -0.109. The molecule has 2 aromatic carbocycles. The molecule has 3 aromatic rings. The average molecular weight is 323 g/mol. The summed E-state index contributed by atoms with van der Waals surface area (Å²) in [6.07, 6.45) is 0. The van der Waals surface area contributed by atoms with E-state index in [-0.39, 0.29) is 5.12 Å². The molecule has 3 heteroatoms. The standard InChI is InChI=1S/C19H15OS2/c1-14(20)21-19-13-17(15-8-4-2-5-9-15)12-18(22-19)16-10-6-3-7-11-16/h2-13H,1H3/q+1. The van der Waals surface area contributed by atoms with E-state index in [9.17, 15) is 4.79 Å². The SMILES string of the molecule is CC(=O)Sc1cc(-c2ccccc2)cc(-c2ccccc2)[s+]1. The lowest BCUT2D eigenvalue weighted by atomic mass is 10.1. The summed E-state index contributed by atoms with van der Waals surface area (Å²) in [5.41, 5.74) is 3.48. The molecule has 1 aromatic heterocycles. The van der Waals surface area contributed by atoms with Gasteiger partial charge in [0.25, 0.3) is 4.21 Å². The Hall–Kier alpha value is -1.97. The molecule has 0 saturated heterocycles. The van der Waals surface area contributed by atoms with E-state index in [4.69, 9.17) is 0 Å². The zero-order valence-electron chi connectivity index (χ0n) is 12.2. The van der Waals surface area contributed by atoms with Gasteiger partial charge >= 0.3 is 0 Å². The zero-order chi connectivity index (χ0) is 15.4. The Balaban J connectivity index is 2.12. The summed E-state index contributed by atoms with van der Waals surface area (Å²) >= 11 is 2.95. The minimum absolute atomic E-state index is 0.112. The third kappa shape index (κ3) is 3.62. The summed E-state index contributed by atoms with van der Waals surface area (Å²) in [4.78, 5) is 12.7. The summed E-state index contributed by atoms with van der Waals surface area (Å²) in [5.74, 6) is 0. The Morgan fingerprint density at radius 2 is 1.41 bits per heavy atom. The molecular weight excluding hydrogens is 308 g/mol. The molecule has 0 aliphatic heterocycles.